The molecule has 1 aliphatic heterocycles. The lowest BCUT2D eigenvalue weighted by Crippen LogP contribution is -2.31. The van der Waals surface area contributed by atoms with Crippen LogP contribution in [0.25, 0.3) is 0 Å². The van der Waals surface area contributed by atoms with E-state index in [1.165, 1.54) is 0 Å². The standard InChI is InChI=1S/C12H20N4O/c1-14(2)7-10-4-5-16(8-10)12(17)11-6-13-9-15(11)3/h6,9-10H,4-5,7-8H2,1-3H3/t10-/m1/s1. The fourth-order valence-electron chi connectivity index (χ4n) is 2.41. The van der Waals surface area contributed by atoms with Crippen LogP contribution in [0.4, 0.5) is 0 Å². The molecular weight excluding hydrogens is 216 g/mol. The summed E-state index contributed by atoms with van der Waals surface area (Å²) >= 11 is 0. The highest BCUT2D eigenvalue weighted by Crippen LogP contribution is 2.18. The van der Waals surface area contributed by atoms with Gasteiger partial charge in [0.15, 0.2) is 0 Å². The lowest BCUT2D eigenvalue weighted by Gasteiger charge is -2.18. The lowest BCUT2D eigenvalue weighted by atomic mass is 10.1. The molecular formula is C12H20N4O. The quantitative estimate of drug-likeness (QED) is 0.765. The second-order valence-corrected chi connectivity index (χ2v) is 5.06. The molecule has 0 aromatic carbocycles. The maximum Gasteiger partial charge on any atom is 0.272 e. The van der Waals surface area contributed by atoms with Gasteiger partial charge in [-0.25, -0.2) is 4.98 Å². The Bertz CT molecular complexity index is 399. The Hall–Kier alpha value is -1.36. The van der Waals surface area contributed by atoms with E-state index in [4.69, 9.17) is 0 Å². The average Bonchev–Trinajstić information content (AvgIpc) is 2.85. The second-order valence-electron chi connectivity index (χ2n) is 5.06. The van der Waals surface area contributed by atoms with Crippen LogP contribution >= 0.6 is 0 Å². The van der Waals surface area contributed by atoms with Gasteiger partial charge in [-0.3, -0.25) is 4.79 Å². The molecule has 1 saturated heterocycles. The van der Waals surface area contributed by atoms with Gasteiger partial charge in [-0.05, 0) is 26.4 Å². The van der Waals surface area contributed by atoms with Crippen molar-refractivity contribution in [1.29, 1.82) is 0 Å². The number of carbonyl (C=O) groups excluding carboxylic acids is 1. The SMILES string of the molecule is CN(C)C[C@H]1CCN(C(=O)c2cncn2C)C1. The van der Waals surface area contributed by atoms with Crippen LogP contribution in [0, 0.1) is 5.92 Å². The van der Waals surface area contributed by atoms with Crippen LogP contribution in [0.5, 0.6) is 0 Å². The summed E-state index contributed by atoms with van der Waals surface area (Å²) in [4.78, 5) is 20.3. The maximum absolute atomic E-state index is 12.2. The van der Waals surface area contributed by atoms with Crippen molar-refractivity contribution in [3.8, 4) is 0 Å². The monoisotopic (exact) mass is 236 g/mol. The van der Waals surface area contributed by atoms with Crippen molar-refractivity contribution in [3.63, 3.8) is 0 Å². The highest BCUT2D eigenvalue weighted by Gasteiger charge is 2.28. The molecule has 94 valence electrons. The summed E-state index contributed by atoms with van der Waals surface area (Å²) in [5, 5.41) is 0. The largest absolute Gasteiger partial charge is 0.337 e. The van der Waals surface area contributed by atoms with E-state index >= 15 is 0 Å². The predicted octanol–water partition coefficient (Wildman–Crippen LogP) is 0.444. The first-order valence-corrected chi connectivity index (χ1v) is 5.98. The van der Waals surface area contributed by atoms with Crippen LogP contribution in [0.1, 0.15) is 16.9 Å². The predicted molar refractivity (Wildman–Crippen MR) is 65.8 cm³/mol. The smallest absolute Gasteiger partial charge is 0.272 e. The van der Waals surface area contributed by atoms with E-state index < -0.39 is 0 Å². The van der Waals surface area contributed by atoms with Crippen molar-refractivity contribution in [1.82, 2.24) is 19.4 Å². The van der Waals surface area contributed by atoms with Crippen LogP contribution in [0.15, 0.2) is 12.5 Å². The van der Waals surface area contributed by atoms with Crippen LogP contribution in [0.3, 0.4) is 0 Å². The molecule has 0 aliphatic carbocycles. The molecule has 5 nitrogen and oxygen atoms in total. The summed E-state index contributed by atoms with van der Waals surface area (Å²) in [5.41, 5.74) is 0.676. The minimum Gasteiger partial charge on any atom is -0.337 e. The molecule has 0 radical (unpaired) electrons. The van der Waals surface area contributed by atoms with Gasteiger partial charge in [-0.2, -0.15) is 0 Å². The van der Waals surface area contributed by atoms with Crippen molar-refractivity contribution in [2.75, 3.05) is 33.7 Å². The molecule has 1 aromatic heterocycles. The Kier molecular flexibility index (Phi) is 3.47. The molecule has 17 heavy (non-hydrogen) atoms. The third-order valence-electron chi connectivity index (χ3n) is 3.23. The average molecular weight is 236 g/mol. The molecule has 0 unspecified atom stereocenters. The summed E-state index contributed by atoms with van der Waals surface area (Å²) in [6, 6.07) is 0. The molecule has 1 fully saturated rings. The second kappa shape index (κ2) is 4.87. The minimum atomic E-state index is 0.103. The Labute approximate surface area is 102 Å². The first-order valence-electron chi connectivity index (χ1n) is 5.98. The molecule has 1 amide bonds. The highest BCUT2D eigenvalue weighted by atomic mass is 16.2. The van der Waals surface area contributed by atoms with Crippen molar-refractivity contribution in [2.45, 2.75) is 6.42 Å². The summed E-state index contributed by atoms with van der Waals surface area (Å²) in [6.07, 6.45) is 4.41. The first-order chi connectivity index (χ1) is 8.08. The zero-order valence-electron chi connectivity index (χ0n) is 10.8. The number of rotatable bonds is 3. The minimum absolute atomic E-state index is 0.103. The van der Waals surface area contributed by atoms with E-state index in [1.807, 2.05) is 11.9 Å². The van der Waals surface area contributed by atoms with Gasteiger partial charge in [0.2, 0.25) is 0 Å². The highest BCUT2D eigenvalue weighted by molar-refractivity contribution is 5.92. The van der Waals surface area contributed by atoms with Gasteiger partial charge in [-0.15, -0.1) is 0 Å². The van der Waals surface area contributed by atoms with Crippen molar-refractivity contribution in [3.05, 3.63) is 18.2 Å². The summed E-state index contributed by atoms with van der Waals surface area (Å²) in [5.74, 6) is 0.702. The van der Waals surface area contributed by atoms with E-state index in [0.717, 1.165) is 26.1 Å². The number of aromatic nitrogens is 2. The van der Waals surface area contributed by atoms with E-state index in [2.05, 4.69) is 24.0 Å². The van der Waals surface area contributed by atoms with Gasteiger partial charge in [0.1, 0.15) is 5.69 Å². The van der Waals surface area contributed by atoms with Crippen LogP contribution in [-0.4, -0.2) is 59.0 Å². The zero-order chi connectivity index (χ0) is 12.4. The third-order valence-corrected chi connectivity index (χ3v) is 3.23. The number of aryl methyl sites for hydroxylation is 1. The number of hydrogen-bond acceptors (Lipinski definition) is 3. The van der Waals surface area contributed by atoms with Crippen LogP contribution in [-0.2, 0) is 7.05 Å². The van der Waals surface area contributed by atoms with Gasteiger partial charge < -0.3 is 14.4 Å². The van der Waals surface area contributed by atoms with E-state index in [0.29, 0.717) is 11.6 Å². The Morgan fingerprint density at radius 1 is 1.59 bits per heavy atom. The van der Waals surface area contributed by atoms with Crippen molar-refractivity contribution >= 4 is 5.91 Å². The van der Waals surface area contributed by atoms with Gasteiger partial charge in [0.25, 0.3) is 5.91 Å². The molecule has 5 heteroatoms. The molecule has 0 N–H and O–H groups in total. The van der Waals surface area contributed by atoms with E-state index in [9.17, 15) is 4.79 Å². The summed E-state index contributed by atoms with van der Waals surface area (Å²) < 4.78 is 1.78. The Morgan fingerprint density at radius 2 is 2.35 bits per heavy atom. The normalized spacial score (nSPS) is 20.2. The third kappa shape index (κ3) is 2.66. The van der Waals surface area contributed by atoms with Gasteiger partial charge in [0.05, 0.1) is 12.5 Å². The van der Waals surface area contributed by atoms with Crippen molar-refractivity contribution < 1.29 is 4.79 Å². The fourth-order valence-corrected chi connectivity index (χ4v) is 2.41. The number of amides is 1. The fraction of sp³-hybridized carbons (Fsp3) is 0.667. The zero-order valence-corrected chi connectivity index (χ0v) is 10.8. The molecule has 1 aromatic rings. The number of carbonyl (C=O) groups is 1. The molecule has 0 spiro atoms. The topological polar surface area (TPSA) is 41.4 Å². The number of nitrogens with zero attached hydrogens (tertiary/aromatic N) is 4. The Morgan fingerprint density at radius 3 is 2.94 bits per heavy atom. The van der Waals surface area contributed by atoms with Crippen LogP contribution in [0.2, 0.25) is 0 Å². The molecule has 1 aliphatic rings. The molecule has 0 saturated carbocycles. The molecule has 0 bridgehead atoms. The molecule has 2 heterocycles. The lowest BCUT2D eigenvalue weighted by molar-refractivity contribution is 0.0775. The molecule has 2 rings (SSSR count). The Balaban J connectivity index is 1.97. The van der Waals surface area contributed by atoms with Crippen LogP contribution < -0.4 is 0 Å². The van der Waals surface area contributed by atoms with Gasteiger partial charge in [0, 0.05) is 26.7 Å². The maximum atomic E-state index is 12.2. The number of likely N-dealkylation sites (tertiary alicyclic amines) is 1. The van der Waals surface area contributed by atoms with Gasteiger partial charge in [-0.1, -0.05) is 0 Å². The van der Waals surface area contributed by atoms with Crippen molar-refractivity contribution in [2.24, 2.45) is 13.0 Å². The summed E-state index contributed by atoms with van der Waals surface area (Å²) in [7, 11) is 6.00. The van der Waals surface area contributed by atoms with E-state index in [-0.39, 0.29) is 5.91 Å². The molecule has 1 atom stereocenters. The number of hydrogen-bond donors (Lipinski definition) is 0. The number of imidazole rings is 1. The van der Waals surface area contributed by atoms with Gasteiger partial charge >= 0.3 is 0 Å². The summed E-state index contributed by atoms with van der Waals surface area (Å²) in [6.45, 7) is 2.78. The first kappa shape index (κ1) is 12.1. The van der Waals surface area contributed by atoms with E-state index in [1.54, 1.807) is 17.1 Å².